The molecule has 0 saturated heterocycles. The van der Waals surface area contributed by atoms with Gasteiger partial charge in [-0.3, -0.25) is 19.6 Å². The molecule has 1 aromatic rings. The number of hydrogen-bond acceptors (Lipinski definition) is 6. The van der Waals surface area contributed by atoms with Crippen molar-refractivity contribution in [3.05, 3.63) is 23.8 Å². The molecule has 1 aromatic heterocycles. The van der Waals surface area contributed by atoms with E-state index in [0.717, 1.165) is 25.7 Å². The Bertz CT molecular complexity index is 549. The summed E-state index contributed by atoms with van der Waals surface area (Å²) < 4.78 is 10.1. The minimum absolute atomic E-state index is 0.166. The Morgan fingerprint density at radius 1 is 1.09 bits per heavy atom. The summed E-state index contributed by atoms with van der Waals surface area (Å²) in [6.07, 6.45) is 7.26. The molecule has 1 heterocycles. The predicted octanol–water partition coefficient (Wildman–Crippen LogP) is 2.52. The number of hydrogen-bond donors (Lipinski definition) is 0. The summed E-state index contributed by atoms with van der Waals surface area (Å²) >= 11 is 0. The quantitative estimate of drug-likeness (QED) is 0.592. The fourth-order valence-corrected chi connectivity index (χ4v) is 3.19. The van der Waals surface area contributed by atoms with Crippen LogP contribution in [0.1, 0.15) is 63.8 Å². The molecule has 0 amide bonds. The van der Waals surface area contributed by atoms with Crippen LogP contribution in [-0.4, -0.2) is 35.1 Å². The van der Waals surface area contributed by atoms with Crippen LogP contribution in [-0.2, 0) is 24.5 Å². The summed E-state index contributed by atoms with van der Waals surface area (Å²) in [5.41, 5.74) is 0.915. The number of carbonyl (C=O) groups is 2. The summed E-state index contributed by atoms with van der Waals surface area (Å²) in [6.45, 7) is 5.91. The maximum absolute atomic E-state index is 12.3. The third-order valence-electron chi connectivity index (χ3n) is 4.32. The first-order valence-corrected chi connectivity index (χ1v) is 8.18. The summed E-state index contributed by atoms with van der Waals surface area (Å²) in [5.74, 6) is -2.43. The first kappa shape index (κ1) is 17.4. The number of ether oxygens (including phenoxy) is 2. The van der Waals surface area contributed by atoms with E-state index in [9.17, 15) is 9.59 Å². The van der Waals surface area contributed by atoms with Crippen molar-refractivity contribution in [1.29, 1.82) is 0 Å². The van der Waals surface area contributed by atoms with Gasteiger partial charge in [-0.15, -0.1) is 0 Å². The highest BCUT2D eigenvalue weighted by atomic mass is 16.6. The maximum atomic E-state index is 12.3. The van der Waals surface area contributed by atoms with Gasteiger partial charge in [0.15, 0.2) is 5.92 Å². The van der Waals surface area contributed by atoms with Gasteiger partial charge in [0.05, 0.1) is 24.6 Å². The SMILES string of the molecule is CCOC(=O)C(C(=O)OCC)c1nccnc1C1(C)CCCC1. The van der Waals surface area contributed by atoms with Crippen LogP contribution in [0.25, 0.3) is 0 Å². The van der Waals surface area contributed by atoms with E-state index in [-0.39, 0.29) is 18.6 Å². The second-order valence-electron chi connectivity index (χ2n) is 6.00. The summed E-state index contributed by atoms with van der Waals surface area (Å²) in [6, 6.07) is 0. The normalized spacial score (nSPS) is 16.3. The molecule has 0 bridgehead atoms. The molecule has 0 aliphatic heterocycles. The van der Waals surface area contributed by atoms with Crippen molar-refractivity contribution in [3.63, 3.8) is 0 Å². The molecule has 6 heteroatoms. The van der Waals surface area contributed by atoms with Crippen LogP contribution in [0.2, 0.25) is 0 Å². The van der Waals surface area contributed by atoms with Crippen molar-refractivity contribution in [2.75, 3.05) is 13.2 Å². The van der Waals surface area contributed by atoms with E-state index >= 15 is 0 Å². The van der Waals surface area contributed by atoms with Gasteiger partial charge in [0.25, 0.3) is 0 Å². The van der Waals surface area contributed by atoms with Gasteiger partial charge in [-0.25, -0.2) is 0 Å². The number of rotatable bonds is 6. The molecule has 1 saturated carbocycles. The van der Waals surface area contributed by atoms with E-state index < -0.39 is 17.9 Å². The third kappa shape index (κ3) is 3.68. The lowest BCUT2D eigenvalue weighted by atomic mass is 9.81. The van der Waals surface area contributed by atoms with Crippen molar-refractivity contribution in [2.24, 2.45) is 0 Å². The fraction of sp³-hybridized carbons (Fsp3) is 0.647. The first-order valence-electron chi connectivity index (χ1n) is 8.18. The zero-order chi connectivity index (χ0) is 16.9. The van der Waals surface area contributed by atoms with Crippen molar-refractivity contribution in [2.45, 2.75) is 57.8 Å². The van der Waals surface area contributed by atoms with E-state index in [1.165, 1.54) is 6.20 Å². The molecule has 1 fully saturated rings. The zero-order valence-corrected chi connectivity index (χ0v) is 14.0. The Hall–Kier alpha value is -1.98. The Morgan fingerprint density at radius 2 is 1.61 bits per heavy atom. The van der Waals surface area contributed by atoms with Crippen molar-refractivity contribution in [1.82, 2.24) is 9.97 Å². The van der Waals surface area contributed by atoms with Crippen molar-refractivity contribution >= 4 is 11.9 Å². The van der Waals surface area contributed by atoms with E-state index in [0.29, 0.717) is 11.4 Å². The standard InChI is InChI=1S/C17H24N2O4/c1-4-22-15(20)12(16(21)23-5-2)13-14(19-11-10-18-13)17(3)8-6-7-9-17/h10-12H,4-9H2,1-3H3. The lowest BCUT2D eigenvalue weighted by Gasteiger charge is -2.26. The maximum Gasteiger partial charge on any atom is 0.326 e. The van der Waals surface area contributed by atoms with Gasteiger partial charge >= 0.3 is 11.9 Å². The minimum Gasteiger partial charge on any atom is -0.465 e. The summed E-state index contributed by atoms with van der Waals surface area (Å²) in [4.78, 5) is 33.5. The topological polar surface area (TPSA) is 78.4 Å². The highest BCUT2D eigenvalue weighted by molar-refractivity contribution is 6.00. The van der Waals surface area contributed by atoms with Gasteiger partial charge in [0.1, 0.15) is 0 Å². The Kier molecular flexibility index (Phi) is 5.69. The molecule has 6 nitrogen and oxygen atoms in total. The molecule has 0 aromatic carbocycles. The predicted molar refractivity (Wildman–Crippen MR) is 83.9 cm³/mol. The average Bonchev–Trinajstić information content (AvgIpc) is 2.96. The van der Waals surface area contributed by atoms with Crippen LogP contribution in [0, 0.1) is 0 Å². The second-order valence-corrected chi connectivity index (χ2v) is 6.00. The van der Waals surface area contributed by atoms with Gasteiger partial charge in [-0.2, -0.15) is 0 Å². The van der Waals surface area contributed by atoms with Crippen LogP contribution in [0.4, 0.5) is 0 Å². The summed E-state index contributed by atoms with van der Waals surface area (Å²) in [7, 11) is 0. The van der Waals surface area contributed by atoms with Crippen molar-refractivity contribution < 1.29 is 19.1 Å². The van der Waals surface area contributed by atoms with Gasteiger partial charge in [-0.05, 0) is 26.7 Å². The molecule has 0 atom stereocenters. The lowest BCUT2D eigenvalue weighted by Crippen LogP contribution is -2.31. The molecular weight excluding hydrogens is 296 g/mol. The molecule has 0 radical (unpaired) electrons. The van der Waals surface area contributed by atoms with Crippen LogP contribution < -0.4 is 0 Å². The molecule has 0 unspecified atom stereocenters. The van der Waals surface area contributed by atoms with E-state index in [4.69, 9.17) is 9.47 Å². The number of carbonyl (C=O) groups excluding carboxylic acids is 2. The van der Waals surface area contributed by atoms with Gasteiger partial charge in [0.2, 0.25) is 0 Å². The van der Waals surface area contributed by atoms with Crippen LogP contribution in [0.3, 0.4) is 0 Å². The molecule has 126 valence electrons. The highest BCUT2D eigenvalue weighted by Crippen LogP contribution is 2.42. The largest absolute Gasteiger partial charge is 0.465 e. The first-order chi connectivity index (χ1) is 11.0. The van der Waals surface area contributed by atoms with Crippen LogP contribution >= 0.6 is 0 Å². The second kappa shape index (κ2) is 7.53. The smallest absolute Gasteiger partial charge is 0.326 e. The number of aromatic nitrogens is 2. The molecule has 1 aliphatic rings. The number of esters is 2. The van der Waals surface area contributed by atoms with Gasteiger partial charge in [0, 0.05) is 17.8 Å². The van der Waals surface area contributed by atoms with E-state index in [2.05, 4.69) is 16.9 Å². The Labute approximate surface area is 136 Å². The highest BCUT2D eigenvalue weighted by Gasteiger charge is 2.41. The lowest BCUT2D eigenvalue weighted by molar-refractivity contribution is -0.157. The Morgan fingerprint density at radius 3 is 2.13 bits per heavy atom. The molecule has 0 spiro atoms. The molecule has 1 aliphatic carbocycles. The minimum atomic E-state index is -1.17. The molecule has 2 rings (SSSR count). The van der Waals surface area contributed by atoms with E-state index in [1.807, 2.05) is 0 Å². The Balaban J connectivity index is 2.46. The molecule has 0 N–H and O–H groups in total. The molecular formula is C17H24N2O4. The van der Waals surface area contributed by atoms with Gasteiger partial charge in [-0.1, -0.05) is 19.8 Å². The zero-order valence-electron chi connectivity index (χ0n) is 14.0. The van der Waals surface area contributed by atoms with Crippen molar-refractivity contribution in [3.8, 4) is 0 Å². The van der Waals surface area contributed by atoms with Crippen LogP contribution in [0.5, 0.6) is 0 Å². The molecule has 23 heavy (non-hydrogen) atoms. The average molecular weight is 320 g/mol. The van der Waals surface area contributed by atoms with Crippen LogP contribution in [0.15, 0.2) is 12.4 Å². The van der Waals surface area contributed by atoms with E-state index in [1.54, 1.807) is 20.0 Å². The summed E-state index contributed by atoms with van der Waals surface area (Å²) in [5, 5.41) is 0. The third-order valence-corrected chi connectivity index (χ3v) is 4.32. The monoisotopic (exact) mass is 320 g/mol. The number of nitrogens with zero attached hydrogens (tertiary/aromatic N) is 2. The fourth-order valence-electron chi connectivity index (χ4n) is 3.19. The van der Waals surface area contributed by atoms with Gasteiger partial charge < -0.3 is 9.47 Å².